The van der Waals surface area contributed by atoms with Gasteiger partial charge in [0.2, 0.25) is 0 Å². The largest absolute Gasteiger partial charge is 0.495 e. The van der Waals surface area contributed by atoms with Gasteiger partial charge in [-0.05, 0) is 38.0 Å². The average Bonchev–Trinajstić information content (AvgIpc) is 2.24. The monoisotopic (exact) mass is 257 g/mol. The number of hydrogen-bond acceptors (Lipinski definition) is 3. The molecule has 3 N–H and O–H groups in total. The van der Waals surface area contributed by atoms with E-state index in [9.17, 15) is 0 Å². The zero-order chi connectivity index (χ0) is 13.1. The van der Waals surface area contributed by atoms with Gasteiger partial charge < -0.3 is 15.6 Å². The lowest BCUT2D eigenvalue weighted by atomic mass is 9.80. The molecule has 0 aliphatic heterocycles. The molecule has 4 heteroatoms. The van der Waals surface area contributed by atoms with Gasteiger partial charge in [0, 0.05) is 18.1 Å². The van der Waals surface area contributed by atoms with Gasteiger partial charge in [0.25, 0.3) is 0 Å². The summed E-state index contributed by atoms with van der Waals surface area (Å²) in [5, 5.41) is 9.68. The van der Waals surface area contributed by atoms with Crippen molar-refractivity contribution in [3.8, 4) is 5.75 Å². The molecular formula is C13H20ClNO2. The number of halogens is 1. The van der Waals surface area contributed by atoms with E-state index in [-0.39, 0.29) is 12.5 Å². The Morgan fingerprint density at radius 2 is 2.12 bits per heavy atom. The van der Waals surface area contributed by atoms with E-state index >= 15 is 0 Å². The number of aliphatic hydroxyl groups is 1. The summed E-state index contributed by atoms with van der Waals surface area (Å²) < 4.78 is 5.11. The summed E-state index contributed by atoms with van der Waals surface area (Å²) in [7, 11) is 1.58. The molecule has 1 aromatic rings. The van der Waals surface area contributed by atoms with Crippen LogP contribution >= 0.6 is 11.6 Å². The number of aliphatic hydroxyl groups excluding tert-OH is 1. The highest BCUT2D eigenvalue weighted by molar-refractivity contribution is 6.32. The molecule has 0 spiro atoms. The summed E-state index contributed by atoms with van der Waals surface area (Å²) in [6.07, 6.45) is 0.617. The lowest BCUT2D eigenvalue weighted by molar-refractivity contribution is 0.250. The Balaban J connectivity index is 3.07. The first-order valence-corrected chi connectivity index (χ1v) is 6.01. The van der Waals surface area contributed by atoms with Crippen molar-refractivity contribution < 1.29 is 9.84 Å². The predicted molar refractivity (Wildman–Crippen MR) is 70.7 cm³/mol. The lowest BCUT2D eigenvalue weighted by Crippen LogP contribution is -2.39. The van der Waals surface area contributed by atoms with E-state index in [2.05, 4.69) is 0 Å². The second-order valence-electron chi connectivity index (χ2n) is 4.78. The fraction of sp³-hybridized carbons (Fsp3) is 0.538. The highest BCUT2D eigenvalue weighted by Gasteiger charge is 2.26. The maximum Gasteiger partial charge on any atom is 0.137 e. The Morgan fingerprint density at radius 3 is 2.53 bits per heavy atom. The molecule has 0 amide bonds. The van der Waals surface area contributed by atoms with E-state index in [1.54, 1.807) is 7.11 Å². The molecule has 96 valence electrons. The molecule has 0 aliphatic carbocycles. The summed E-state index contributed by atoms with van der Waals surface area (Å²) in [6, 6.07) is 5.63. The zero-order valence-corrected chi connectivity index (χ0v) is 11.3. The number of rotatable bonds is 5. The third-order valence-corrected chi connectivity index (χ3v) is 3.19. The Hall–Kier alpha value is -0.770. The fourth-order valence-corrected chi connectivity index (χ4v) is 2.26. The van der Waals surface area contributed by atoms with Gasteiger partial charge in [0.1, 0.15) is 5.75 Å². The lowest BCUT2D eigenvalue weighted by Gasteiger charge is -2.31. The van der Waals surface area contributed by atoms with Crippen LogP contribution in [-0.2, 0) is 0 Å². The molecule has 0 saturated heterocycles. The first-order valence-electron chi connectivity index (χ1n) is 5.63. The topological polar surface area (TPSA) is 55.5 Å². The Kier molecular flexibility index (Phi) is 4.80. The van der Waals surface area contributed by atoms with Crippen LogP contribution < -0.4 is 10.5 Å². The van der Waals surface area contributed by atoms with E-state index in [1.165, 1.54) is 0 Å². The molecule has 1 aromatic carbocycles. The smallest absolute Gasteiger partial charge is 0.137 e. The molecule has 0 saturated carbocycles. The number of ether oxygens (including phenoxy) is 1. The summed E-state index contributed by atoms with van der Waals surface area (Å²) in [4.78, 5) is 0. The molecule has 1 atom stereocenters. The summed E-state index contributed by atoms with van der Waals surface area (Å²) >= 11 is 6.10. The Labute approximate surface area is 108 Å². The van der Waals surface area contributed by atoms with Gasteiger partial charge in [0.05, 0.1) is 12.1 Å². The minimum atomic E-state index is -0.402. The predicted octanol–water partition coefficient (Wildman–Crippen LogP) is 2.55. The molecule has 1 rings (SSSR count). The van der Waals surface area contributed by atoms with E-state index in [0.29, 0.717) is 17.2 Å². The molecule has 0 aromatic heterocycles. The maximum absolute atomic E-state index is 9.12. The maximum atomic E-state index is 9.12. The van der Waals surface area contributed by atoms with Gasteiger partial charge in [-0.2, -0.15) is 0 Å². The van der Waals surface area contributed by atoms with E-state index in [0.717, 1.165) is 5.56 Å². The molecule has 0 fully saturated rings. The van der Waals surface area contributed by atoms with E-state index in [4.69, 9.17) is 27.2 Å². The van der Waals surface area contributed by atoms with Gasteiger partial charge >= 0.3 is 0 Å². The molecule has 17 heavy (non-hydrogen) atoms. The van der Waals surface area contributed by atoms with Crippen molar-refractivity contribution in [2.75, 3.05) is 13.7 Å². The Bertz CT molecular complexity index is 374. The normalized spacial score (nSPS) is 13.5. The summed E-state index contributed by atoms with van der Waals surface area (Å²) in [5.41, 5.74) is 6.76. The van der Waals surface area contributed by atoms with Crippen molar-refractivity contribution in [3.05, 3.63) is 28.8 Å². The molecule has 0 radical (unpaired) electrons. The van der Waals surface area contributed by atoms with Gasteiger partial charge in [-0.1, -0.05) is 17.7 Å². The highest BCUT2D eigenvalue weighted by atomic mass is 35.5. The quantitative estimate of drug-likeness (QED) is 0.852. The van der Waals surface area contributed by atoms with Gasteiger partial charge in [0.15, 0.2) is 0 Å². The molecular weight excluding hydrogens is 238 g/mol. The summed E-state index contributed by atoms with van der Waals surface area (Å²) in [5.74, 6) is 0.712. The van der Waals surface area contributed by atoms with Crippen LogP contribution in [0.15, 0.2) is 18.2 Å². The molecule has 0 heterocycles. The minimum absolute atomic E-state index is 0.0657. The molecule has 3 nitrogen and oxygen atoms in total. The van der Waals surface area contributed by atoms with Crippen molar-refractivity contribution in [1.82, 2.24) is 0 Å². The van der Waals surface area contributed by atoms with Crippen molar-refractivity contribution in [2.45, 2.75) is 31.7 Å². The first-order chi connectivity index (χ1) is 7.90. The average molecular weight is 258 g/mol. The minimum Gasteiger partial charge on any atom is -0.495 e. The third kappa shape index (κ3) is 3.60. The molecule has 1 unspecified atom stereocenters. The Morgan fingerprint density at radius 1 is 1.47 bits per heavy atom. The number of benzene rings is 1. The third-order valence-electron chi connectivity index (χ3n) is 2.89. The zero-order valence-electron chi connectivity index (χ0n) is 10.5. The summed E-state index contributed by atoms with van der Waals surface area (Å²) in [6.45, 7) is 4.01. The van der Waals surface area contributed by atoms with Crippen LogP contribution in [0.2, 0.25) is 5.02 Å². The SMILES string of the molecule is COc1ccc(C(CCO)C(C)(C)N)cc1Cl. The van der Waals surface area contributed by atoms with Crippen LogP contribution in [0.1, 0.15) is 31.7 Å². The van der Waals surface area contributed by atoms with Crippen LogP contribution in [0, 0.1) is 0 Å². The van der Waals surface area contributed by atoms with Gasteiger partial charge in [-0.3, -0.25) is 0 Å². The van der Waals surface area contributed by atoms with Crippen LogP contribution in [0.25, 0.3) is 0 Å². The van der Waals surface area contributed by atoms with Crippen LogP contribution in [0.3, 0.4) is 0 Å². The molecule has 0 bridgehead atoms. The number of nitrogens with two attached hydrogens (primary N) is 1. The first kappa shape index (κ1) is 14.3. The number of methoxy groups -OCH3 is 1. The van der Waals surface area contributed by atoms with Crippen LogP contribution in [-0.4, -0.2) is 24.4 Å². The second-order valence-corrected chi connectivity index (χ2v) is 5.19. The van der Waals surface area contributed by atoms with Crippen molar-refractivity contribution in [1.29, 1.82) is 0 Å². The highest BCUT2D eigenvalue weighted by Crippen LogP contribution is 2.34. The van der Waals surface area contributed by atoms with Crippen LogP contribution in [0.5, 0.6) is 5.75 Å². The van der Waals surface area contributed by atoms with Crippen molar-refractivity contribution >= 4 is 11.6 Å². The van der Waals surface area contributed by atoms with Crippen molar-refractivity contribution in [2.24, 2.45) is 5.73 Å². The van der Waals surface area contributed by atoms with Crippen molar-refractivity contribution in [3.63, 3.8) is 0 Å². The second kappa shape index (κ2) is 5.71. The van der Waals surface area contributed by atoms with Gasteiger partial charge in [-0.25, -0.2) is 0 Å². The van der Waals surface area contributed by atoms with Gasteiger partial charge in [-0.15, -0.1) is 0 Å². The fourth-order valence-electron chi connectivity index (χ4n) is 2.00. The van der Waals surface area contributed by atoms with E-state index < -0.39 is 5.54 Å². The molecule has 0 aliphatic rings. The van der Waals surface area contributed by atoms with E-state index in [1.807, 2.05) is 32.0 Å². The standard InChI is InChI=1S/C13H20ClNO2/c1-13(2,15)10(6-7-16)9-4-5-12(17-3)11(14)8-9/h4-5,8,10,16H,6-7,15H2,1-3H3. The van der Waals surface area contributed by atoms with Crippen LogP contribution in [0.4, 0.5) is 0 Å². The number of hydrogen-bond donors (Lipinski definition) is 2.